The minimum absolute atomic E-state index is 0.0536. The summed E-state index contributed by atoms with van der Waals surface area (Å²) in [7, 11) is 0.540. The third kappa shape index (κ3) is 4.24. The molecule has 8 N–H and O–H groups in total. The minimum Gasteiger partial charge on any atom is -0.510 e. The highest BCUT2D eigenvalue weighted by Gasteiger charge is 2.63. The number of nitrogens with one attached hydrogen (secondary N) is 2. The van der Waals surface area contributed by atoms with Gasteiger partial charge in [0.25, 0.3) is 5.91 Å². The van der Waals surface area contributed by atoms with Gasteiger partial charge in [0.15, 0.2) is 17.1 Å². The van der Waals surface area contributed by atoms with Gasteiger partial charge in [-0.25, -0.2) is 12.8 Å². The van der Waals surface area contributed by atoms with Crippen LogP contribution in [-0.2, 0) is 32.5 Å². The normalized spacial score (nSPS) is 26.5. The van der Waals surface area contributed by atoms with Crippen molar-refractivity contribution in [3.63, 3.8) is 0 Å². The van der Waals surface area contributed by atoms with Crippen LogP contribution in [0.1, 0.15) is 27.9 Å². The van der Waals surface area contributed by atoms with E-state index in [1.54, 1.807) is 7.05 Å². The molecule has 15 heteroatoms. The molecular weight excluding hydrogens is 551 g/mol. The maximum absolute atomic E-state index is 16.0. The average molecular weight is 583 g/mol. The van der Waals surface area contributed by atoms with Crippen LogP contribution in [-0.4, -0.2) is 96.8 Å². The number of carbonyl (C=O) groups excluding carboxylic acids is 3. The fourth-order valence-electron chi connectivity index (χ4n) is 6.18. The molecule has 3 aliphatic carbocycles. The molecule has 0 spiro atoms. The van der Waals surface area contributed by atoms with E-state index in [9.17, 15) is 43.2 Å². The number of primary amides is 1. The van der Waals surface area contributed by atoms with Gasteiger partial charge in [-0.2, -0.15) is 0 Å². The number of phenols is 1. The van der Waals surface area contributed by atoms with Crippen molar-refractivity contribution in [2.75, 3.05) is 38.7 Å². The van der Waals surface area contributed by atoms with E-state index in [1.807, 2.05) is 0 Å². The van der Waals surface area contributed by atoms with Crippen molar-refractivity contribution in [3.8, 4) is 5.75 Å². The van der Waals surface area contributed by atoms with Gasteiger partial charge < -0.3 is 31.5 Å². The summed E-state index contributed by atoms with van der Waals surface area (Å²) in [5.74, 6) is -9.73. The van der Waals surface area contributed by atoms with Gasteiger partial charge in [0.2, 0.25) is 15.8 Å². The van der Waals surface area contributed by atoms with Crippen LogP contribution in [0.5, 0.6) is 5.75 Å². The Kier molecular flexibility index (Phi) is 7.24. The monoisotopic (exact) mass is 582 g/mol. The molecule has 4 atom stereocenters. The van der Waals surface area contributed by atoms with Gasteiger partial charge in [-0.1, -0.05) is 0 Å². The van der Waals surface area contributed by atoms with E-state index < -0.39 is 96.5 Å². The van der Waals surface area contributed by atoms with Crippen molar-refractivity contribution in [1.29, 1.82) is 0 Å². The molecule has 1 aromatic rings. The number of aliphatic hydroxyl groups is 3. The van der Waals surface area contributed by atoms with E-state index in [1.165, 1.54) is 19.0 Å². The Balaban J connectivity index is 1.99. The fraction of sp³-hybridized carbons (Fsp3) is 0.480. The number of benzene rings is 1. The number of nitrogens with two attached hydrogens (primary N) is 1. The molecule has 13 nitrogen and oxygen atoms in total. The van der Waals surface area contributed by atoms with Crippen LogP contribution >= 0.6 is 0 Å². The maximum atomic E-state index is 16.0. The third-order valence-corrected chi connectivity index (χ3v) is 8.41. The number of nitrogens with zero attached hydrogens (tertiary/aromatic N) is 1. The van der Waals surface area contributed by atoms with E-state index in [0.717, 1.165) is 6.26 Å². The minimum atomic E-state index is -4.04. The number of fused-ring (bicyclic) bond motifs is 3. The fourth-order valence-corrected chi connectivity index (χ4v) is 6.77. The summed E-state index contributed by atoms with van der Waals surface area (Å²) in [5.41, 5.74) is -0.548. The SMILES string of the molecule is CNCCc1c(F)c2c(c(O)c1NS(C)(=O)=O)C(=O)C1=C(O)[C@]3(O)C(=O)C(C(N)=O)=C(O)[C@@H](N(C)C)[C@@H]3C[C@@H]1C2. The highest BCUT2D eigenvalue weighted by molar-refractivity contribution is 7.92. The van der Waals surface area contributed by atoms with Gasteiger partial charge in [0, 0.05) is 22.6 Å². The van der Waals surface area contributed by atoms with Crippen LogP contribution < -0.4 is 15.8 Å². The molecule has 0 saturated heterocycles. The first-order valence-electron chi connectivity index (χ1n) is 12.3. The molecule has 3 aliphatic rings. The topological polar surface area (TPSA) is 220 Å². The number of carbonyl (C=O) groups is 3. The lowest BCUT2D eigenvalue weighted by molar-refractivity contribution is -0.148. The second-order valence-corrected chi connectivity index (χ2v) is 12.3. The van der Waals surface area contributed by atoms with Crippen molar-refractivity contribution < 1.29 is 47.6 Å². The summed E-state index contributed by atoms with van der Waals surface area (Å²) in [5, 5.41) is 47.6. The Morgan fingerprint density at radius 2 is 1.85 bits per heavy atom. The highest BCUT2D eigenvalue weighted by Crippen LogP contribution is 2.53. The first kappa shape index (κ1) is 29.5. The van der Waals surface area contributed by atoms with Crippen molar-refractivity contribution in [1.82, 2.24) is 10.2 Å². The zero-order valence-corrected chi connectivity index (χ0v) is 23.0. The summed E-state index contributed by atoms with van der Waals surface area (Å²) in [6.07, 6.45) is 0.256. The van der Waals surface area contributed by atoms with Crippen LogP contribution in [0.3, 0.4) is 0 Å². The number of aromatic hydroxyl groups is 1. The molecule has 218 valence electrons. The number of phenolic OH excluding ortho intramolecular Hbond substituents is 1. The van der Waals surface area contributed by atoms with Crippen molar-refractivity contribution in [3.05, 3.63) is 45.2 Å². The van der Waals surface area contributed by atoms with E-state index in [4.69, 9.17) is 5.73 Å². The Bertz CT molecular complexity index is 1520. The quantitative estimate of drug-likeness (QED) is 0.159. The molecule has 0 radical (unpaired) electrons. The maximum Gasteiger partial charge on any atom is 0.255 e. The lowest BCUT2D eigenvalue weighted by atomic mass is 9.58. The second kappa shape index (κ2) is 9.83. The van der Waals surface area contributed by atoms with E-state index in [2.05, 4.69) is 10.0 Å². The number of rotatable bonds is 7. The molecular formula is C25H31FN4O9S. The number of likely N-dealkylation sites (N-methyl/N-ethyl adjacent to an activating group) is 2. The van der Waals surface area contributed by atoms with Gasteiger partial charge in [-0.15, -0.1) is 0 Å². The van der Waals surface area contributed by atoms with Gasteiger partial charge in [-0.3, -0.25) is 24.0 Å². The molecule has 4 rings (SSSR count). The molecule has 0 saturated carbocycles. The molecule has 40 heavy (non-hydrogen) atoms. The number of anilines is 1. The molecule has 0 aromatic heterocycles. The van der Waals surface area contributed by atoms with Crippen LogP contribution in [0.2, 0.25) is 0 Å². The number of hydrogen-bond acceptors (Lipinski definition) is 11. The Morgan fingerprint density at radius 1 is 1.23 bits per heavy atom. The standard InChI is InChI=1S/C25H31FN4O9S/c1-28-6-5-10-16(26)11-7-9-8-12-18(30(2)3)21(33)15(24(27)36)23(35)25(12,37)22(34)13(9)19(31)14(11)20(32)17(10)29-40(4,38)39/h9,12,18,28-29,32-34,37H,5-8H2,1-4H3,(H2,27,36)/t9-,12-,18-,25-/m0/s1. The van der Waals surface area contributed by atoms with Gasteiger partial charge in [0.05, 0.1) is 23.5 Å². The Labute approximate surface area is 229 Å². The number of Topliss-reactive ketones (excluding diaryl/α,β-unsaturated/α-hetero) is 2. The molecule has 0 bridgehead atoms. The summed E-state index contributed by atoms with van der Waals surface area (Å²) >= 11 is 0. The van der Waals surface area contributed by atoms with E-state index in [0.29, 0.717) is 0 Å². The first-order chi connectivity index (χ1) is 18.5. The predicted octanol–water partition coefficient (Wildman–Crippen LogP) is -0.607. The summed E-state index contributed by atoms with van der Waals surface area (Å²) < 4.78 is 42.1. The number of sulfonamides is 1. The zero-order chi connectivity index (χ0) is 30.1. The van der Waals surface area contributed by atoms with Crippen molar-refractivity contribution in [2.45, 2.75) is 30.9 Å². The Hall–Kier alpha value is -3.53. The Morgan fingerprint density at radius 3 is 2.38 bits per heavy atom. The number of halogens is 1. The highest BCUT2D eigenvalue weighted by atomic mass is 32.2. The average Bonchev–Trinajstić information content (AvgIpc) is 2.83. The van der Waals surface area contributed by atoms with Gasteiger partial charge in [0.1, 0.15) is 22.9 Å². The van der Waals surface area contributed by atoms with Crippen LogP contribution in [0, 0.1) is 17.7 Å². The number of hydrogen-bond donors (Lipinski definition) is 7. The van der Waals surface area contributed by atoms with Crippen LogP contribution in [0.4, 0.5) is 10.1 Å². The summed E-state index contributed by atoms with van der Waals surface area (Å²) in [6, 6.07) is -1.18. The number of aliphatic hydroxyl groups excluding tert-OH is 2. The van der Waals surface area contributed by atoms with Gasteiger partial charge >= 0.3 is 0 Å². The molecule has 1 amide bonds. The van der Waals surface area contributed by atoms with Crippen LogP contribution in [0.15, 0.2) is 22.7 Å². The number of amides is 1. The second-order valence-electron chi connectivity index (χ2n) is 10.6. The summed E-state index contributed by atoms with van der Waals surface area (Å²) in [4.78, 5) is 40.6. The molecule has 0 heterocycles. The molecule has 0 fully saturated rings. The summed E-state index contributed by atoms with van der Waals surface area (Å²) in [6.45, 7) is 0.201. The molecule has 0 aliphatic heterocycles. The van der Waals surface area contributed by atoms with E-state index in [-0.39, 0.29) is 36.9 Å². The lowest BCUT2D eigenvalue weighted by Gasteiger charge is -2.50. The van der Waals surface area contributed by atoms with Crippen molar-refractivity contribution >= 4 is 33.2 Å². The van der Waals surface area contributed by atoms with Crippen molar-refractivity contribution in [2.24, 2.45) is 17.6 Å². The first-order valence-corrected chi connectivity index (χ1v) is 14.2. The largest absolute Gasteiger partial charge is 0.510 e. The predicted molar refractivity (Wildman–Crippen MR) is 140 cm³/mol. The zero-order valence-electron chi connectivity index (χ0n) is 22.2. The molecule has 0 unspecified atom stereocenters. The third-order valence-electron chi connectivity index (χ3n) is 7.83. The molecule has 1 aromatic carbocycles. The van der Waals surface area contributed by atoms with E-state index >= 15 is 4.39 Å². The lowest BCUT2D eigenvalue weighted by Crippen LogP contribution is -2.63. The number of allylic oxidation sites excluding steroid dienone is 1. The number of ketones is 2. The van der Waals surface area contributed by atoms with Gasteiger partial charge in [-0.05, 0) is 52.9 Å². The van der Waals surface area contributed by atoms with Crippen LogP contribution in [0.25, 0.3) is 0 Å². The smallest absolute Gasteiger partial charge is 0.255 e.